The summed E-state index contributed by atoms with van der Waals surface area (Å²) in [7, 11) is 0. The van der Waals surface area contributed by atoms with Crippen LogP contribution in [0.15, 0.2) is 53.4 Å². The summed E-state index contributed by atoms with van der Waals surface area (Å²) in [5.41, 5.74) is 1.65. The highest BCUT2D eigenvalue weighted by Crippen LogP contribution is 2.32. The van der Waals surface area contributed by atoms with Gasteiger partial charge in [0.1, 0.15) is 0 Å². The molecule has 1 fully saturated rings. The molecular formula is C20H20N2O2S2. The minimum Gasteiger partial charge on any atom is -0.376 e. The predicted octanol–water partition coefficient (Wildman–Crippen LogP) is 4.84. The van der Waals surface area contributed by atoms with E-state index in [2.05, 4.69) is 0 Å². The second-order valence-electron chi connectivity index (χ2n) is 6.22. The van der Waals surface area contributed by atoms with Gasteiger partial charge >= 0.3 is 0 Å². The number of thioether (sulfide) groups is 1. The molecule has 1 atom stereocenters. The number of nitrogens with zero attached hydrogens (tertiary/aromatic N) is 2. The highest BCUT2D eigenvalue weighted by atomic mass is 32.2. The number of amides is 1. The van der Waals surface area contributed by atoms with Crippen LogP contribution in [0, 0.1) is 0 Å². The molecule has 4 nitrogen and oxygen atoms in total. The molecule has 134 valence electrons. The minimum atomic E-state index is -0.00972. The number of para-hydroxylation sites is 1. The van der Waals surface area contributed by atoms with Gasteiger partial charge in [0.25, 0.3) is 5.91 Å². The summed E-state index contributed by atoms with van der Waals surface area (Å²) < 4.78 is 6.89. The van der Waals surface area contributed by atoms with Crippen LogP contribution in [-0.4, -0.2) is 36.4 Å². The smallest absolute Gasteiger partial charge is 0.261 e. The number of ether oxygens (including phenoxy) is 1. The largest absolute Gasteiger partial charge is 0.376 e. The molecule has 2 aromatic carbocycles. The first-order chi connectivity index (χ1) is 12.8. The molecule has 0 bridgehead atoms. The highest BCUT2D eigenvalue weighted by molar-refractivity contribution is 7.98. The first-order valence-corrected chi connectivity index (χ1v) is 10.7. The predicted molar refractivity (Wildman–Crippen MR) is 108 cm³/mol. The third-order valence-electron chi connectivity index (χ3n) is 4.51. The van der Waals surface area contributed by atoms with Gasteiger partial charge in [-0.05, 0) is 43.4 Å². The first kappa shape index (κ1) is 17.5. The van der Waals surface area contributed by atoms with Gasteiger partial charge in [0.15, 0.2) is 5.13 Å². The fourth-order valence-electron chi connectivity index (χ4n) is 3.18. The topological polar surface area (TPSA) is 42.4 Å². The molecule has 0 radical (unpaired) electrons. The third-order valence-corrected chi connectivity index (χ3v) is 6.36. The molecule has 0 saturated carbocycles. The Hall–Kier alpha value is -1.89. The van der Waals surface area contributed by atoms with Crippen molar-refractivity contribution >= 4 is 44.4 Å². The van der Waals surface area contributed by atoms with Gasteiger partial charge in [0.2, 0.25) is 0 Å². The molecule has 4 rings (SSSR count). The maximum absolute atomic E-state index is 13.4. The van der Waals surface area contributed by atoms with Gasteiger partial charge in [0.05, 0.1) is 28.4 Å². The number of thiazole rings is 1. The normalized spacial score (nSPS) is 16.9. The lowest BCUT2D eigenvalue weighted by molar-refractivity contribution is 0.0915. The third kappa shape index (κ3) is 3.49. The van der Waals surface area contributed by atoms with E-state index in [1.807, 2.05) is 54.8 Å². The average molecular weight is 385 g/mol. The van der Waals surface area contributed by atoms with Gasteiger partial charge in [-0.3, -0.25) is 9.69 Å². The van der Waals surface area contributed by atoms with Gasteiger partial charge in [-0.15, -0.1) is 11.8 Å². The number of fused-ring (bicyclic) bond motifs is 1. The summed E-state index contributed by atoms with van der Waals surface area (Å²) in [6.45, 7) is 1.31. The number of carbonyl (C=O) groups is 1. The zero-order valence-corrected chi connectivity index (χ0v) is 16.2. The molecule has 1 aliphatic rings. The number of hydrogen-bond acceptors (Lipinski definition) is 5. The second kappa shape index (κ2) is 7.78. The van der Waals surface area contributed by atoms with E-state index in [9.17, 15) is 4.79 Å². The summed E-state index contributed by atoms with van der Waals surface area (Å²) in [6, 6.07) is 15.8. The van der Waals surface area contributed by atoms with Gasteiger partial charge in [-0.1, -0.05) is 35.6 Å². The summed E-state index contributed by atoms with van der Waals surface area (Å²) in [6.07, 6.45) is 4.11. The van der Waals surface area contributed by atoms with Gasteiger partial charge in [-0.25, -0.2) is 4.98 Å². The SMILES string of the molecule is CSc1ccccc1C(=O)N(CC1CCCO1)c1nc2ccccc2s1. The Bertz CT molecular complexity index is 886. The van der Waals surface area contributed by atoms with E-state index in [4.69, 9.17) is 9.72 Å². The summed E-state index contributed by atoms with van der Waals surface area (Å²) in [4.78, 5) is 20.9. The Balaban J connectivity index is 1.73. The molecular weight excluding hydrogens is 364 g/mol. The number of aromatic nitrogens is 1. The zero-order valence-electron chi connectivity index (χ0n) is 14.6. The number of benzene rings is 2. The number of carbonyl (C=O) groups excluding carboxylic acids is 1. The van der Waals surface area contributed by atoms with E-state index in [-0.39, 0.29) is 12.0 Å². The van der Waals surface area contributed by atoms with E-state index < -0.39 is 0 Å². The maximum Gasteiger partial charge on any atom is 0.261 e. The molecule has 2 heterocycles. The Morgan fingerprint density at radius 1 is 1.27 bits per heavy atom. The van der Waals surface area contributed by atoms with Crippen LogP contribution in [0.2, 0.25) is 0 Å². The summed E-state index contributed by atoms with van der Waals surface area (Å²) in [5, 5.41) is 0.739. The molecule has 0 N–H and O–H groups in total. The maximum atomic E-state index is 13.4. The van der Waals surface area contributed by atoms with Gasteiger partial charge in [0, 0.05) is 11.5 Å². The van der Waals surface area contributed by atoms with Crippen molar-refractivity contribution in [2.24, 2.45) is 0 Å². The molecule has 0 aliphatic carbocycles. The molecule has 6 heteroatoms. The van der Waals surface area contributed by atoms with E-state index in [0.29, 0.717) is 6.54 Å². The van der Waals surface area contributed by atoms with Crippen LogP contribution in [0.5, 0.6) is 0 Å². The number of rotatable bonds is 5. The van der Waals surface area contributed by atoms with Crippen molar-refractivity contribution in [1.82, 2.24) is 4.98 Å². The van der Waals surface area contributed by atoms with E-state index in [1.54, 1.807) is 28.0 Å². The molecule has 0 spiro atoms. The monoisotopic (exact) mass is 384 g/mol. The van der Waals surface area contributed by atoms with Crippen LogP contribution in [0.4, 0.5) is 5.13 Å². The van der Waals surface area contributed by atoms with Crippen molar-refractivity contribution in [1.29, 1.82) is 0 Å². The molecule has 1 saturated heterocycles. The van der Waals surface area contributed by atoms with Crippen LogP contribution in [-0.2, 0) is 4.74 Å². The second-order valence-corrected chi connectivity index (χ2v) is 8.07. The fraction of sp³-hybridized carbons (Fsp3) is 0.300. The zero-order chi connectivity index (χ0) is 17.9. The lowest BCUT2D eigenvalue weighted by Gasteiger charge is -2.24. The first-order valence-electron chi connectivity index (χ1n) is 8.68. The van der Waals surface area contributed by atoms with Crippen molar-refractivity contribution in [3.63, 3.8) is 0 Å². The quantitative estimate of drug-likeness (QED) is 0.590. The summed E-state index contributed by atoms with van der Waals surface area (Å²) >= 11 is 3.15. The Labute approximate surface area is 161 Å². The molecule has 1 unspecified atom stereocenters. The fourth-order valence-corrected chi connectivity index (χ4v) is 4.75. The molecule has 1 amide bonds. The van der Waals surface area contributed by atoms with Crippen LogP contribution in [0.3, 0.4) is 0 Å². The Morgan fingerprint density at radius 2 is 2.08 bits per heavy atom. The van der Waals surface area contributed by atoms with Crippen LogP contribution in [0.25, 0.3) is 10.2 Å². The Kier molecular flexibility index (Phi) is 5.24. The van der Waals surface area contributed by atoms with Crippen LogP contribution in [0.1, 0.15) is 23.2 Å². The van der Waals surface area contributed by atoms with Crippen molar-refractivity contribution in [2.75, 3.05) is 24.3 Å². The average Bonchev–Trinajstić information content (AvgIpc) is 3.34. The number of hydrogen-bond donors (Lipinski definition) is 0. The van der Waals surface area contributed by atoms with E-state index in [0.717, 1.165) is 45.3 Å². The molecule has 1 aliphatic heterocycles. The molecule has 26 heavy (non-hydrogen) atoms. The molecule has 1 aromatic heterocycles. The standard InChI is InChI=1S/C20H20N2O2S2/c1-25-17-10-4-2-8-15(17)19(23)22(13-14-7-6-12-24-14)20-21-16-9-3-5-11-18(16)26-20/h2-5,8-11,14H,6-7,12-13H2,1H3. The van der Waals surface area contributed by atoms with Crippen molar-refractivity contribution < 1.29 is 9.53 Å². The van der Waals surface area contributed by atoms with Crippen molar-refractivity contribution in [3.05, 3.63) is 54.1 Å². The lowest BCUT2D eigenvalue weighted by atomic mass is 10.1. The Morgan fingerprint density at radius 3 is 2.85 bits per heavy atom. The summed E-state index contributed by atoms with van der Waals surface area (Å²) in [5.74, 6) is -0.00972. The van der Waals surface area contributed by atoms with E-state index in [1.165, 1.54) is 0 Å². The minimum absolute atomic E-state index is 0.00972. The van der Waals surface area contributed by atoms with Gasteiger partial charge < -0.3 is 4.74 Å². The lowest BCUT2D eigenvalue weighted by Crippen LogP contribution is -2.37. The van der Waals surface area contributed by atoms with Crippen LogP contribution >= 0.6 is 23.1 Å². The number of anilines is 1. The highest BCUT2D eigenvalue weighted by Gasteiger charge is 2.28. The molecule has 3 aromatic rings. The van der Waals surface area contributed by atoms with Crippen molar-refractivity contribution in [2.45, 2.75) is 23.8 Å². The van der Waals surface area contributed by atoms with E-state index >= 15 is 0 Å². The van der Waals surface area contributed by atoms with Crippen LogP contribution < -0.4 is 4.90 Å². The van der Waals surface area contributed by atoms with Gasteiger partial charge in [-0.2, -0.15) is 0 Å². The van der Waals surface area contributed by atoms with Crippen molar-refractivity contribution in [3.8, 4) is 0 Å².